The third-order valence-corrected chi connectivity index (χ3v) is 5.54. The third-order valence-electron chi connectivity index (χ3n) is 5.54. The molecule has 238 valence electrons. The largest absolute Gasteiger partial charge is 0.513 e. The van der Waals surface area contributed by atoms with Crippen molar-refractivity contribution in [3.05, 3.63) is 23.8 Å². The fraction of sp³-hybridized carbons (Fsp3) is 0.667. The summed E-state index contributed by atoms with van der Waals surface area (Å²) in [5, 5.41) is 12.6. The van der Waals surface area contributed by atoms with E-state index in [2.05, 4.69) is 5.32 Å². The summed E-state index contributed by atoms with van der Waals surface area (Å²) in [6.45, 7) is 18.5. The van der Waals surface area contributed by atoms with Crippen molar-refractivity contribution < 1.29 is 52.7 Å². The van der Waals surface area contributed by atoms with E-state index < -0.39 is 42.2 Å². The normalized spacial score (nSPS) is 13.4. The number of aliphatic carboxylic acids is 1. The van der Waals surface area contributed by atoms with Gasteiger partial charge in [-0.25, -0.2) is 14.4 Å². The van der Waals surface area contributed by atoms with Crippen LogP contribution in [0.25, 0.3) is 0 Å². The van der Waals surface area contributed by atoms with Crippen LogP contribution >= 0.6 is 0 Å². The molecule has 1 unspecified atom stereocenters. The Hall–Kier alpha value is -3.54. The first-order chi connectivity index (χ1) is 19.2. The van der Waals surface area contributed by atoms with Crippen LogP contribution in [0.5, 0.6) is 11.5 Å². The fourth-order valence-corrected chi connectivity index (χ4v) is 2.95. The number of carbonyl (C=O) groups is 4. The summed E-state index contributed by atoms with van der Waals surface area (Å²) in [6, 6.07) is 3.19. The van der Waals surface area contributed by atoms with E-state index in [-0.39, 0.29) is 48.5 Å². The molecule has 0 aliphatic rings. The molecule has 2 N–H and O–H groups in total. The molecule has 1 aromatic carbocycles. The van der Waals surface area contributed by atoms with E-state index >= 15 is 0 Å². The Bertz CT molecular complexity index is 1070. The van der Waals surface area contributed by atoms with Gasteiger partial charge in [0.2, 0.25) is 0 Å². The van der Waals surface area contributed by atoms with Crippen molar-refractivity contribution in [3.8, 4) is 11.5 Å². The van der Waals surface area contributed by atoms with Gasteiger partial charge >= 0.3 is 24.4 Å². The van der Waals surface area contributed by atoms with Gasteiger partial charge in [-0.1, -0.05) is 54.5 Å². The maximum Gasteiger partial charge on any atom is 0.513 e. The Balaban J connectivity index is 3.02. The molecule has 0 spiro atoms. The van der Waals surface area contributed by atoms with Crippen LogP contribution in [-0.4, -0.2) is 67.0 Å². The van der Waals surface area contributed by atoms with E-state index in [0.717, 1.165) is 0 Å². The minimum absolute atomic E-state index is 0.0297. The summed E-state index contributed by atoms with van der Waals surface area (Å²) in [5.74, 6) is -1.42. The van der Waals surface area contributed by atoms with Crippen molar-refractivity contribution in [2.45, 2.75) is 99.8 Å². The van der Waals surface area contributed by atoms with Crippen molar-refractivity contribution >= 4 is 24.4 Å². The molecule has 0 aromatic heterocycles. The number of carboxylic acids is 1. The predicted octanol–water partition coefficient (Wildman–Crippen LogP) is 6.13. The van der Waals surface area contributed by atoms with Crippen LogP contribution in [0.1, 0.15) is 81.2 Å². The monoisotopic (exact) mass is 597 g/mol. The molecule has 1 rings (SSSR count). The van der Waals surface area contributed by atoms with E-state index in [1.165, 1.54) is 18.2 Å². The molecule has 1 aromatic rings. The topological polar surface area (TPSA) is 156 Å². The summed E-state index contributed by atoms with van der Waals surface area (Å²) in [6.07, 6.45) is -2.99. The number of ether oxygens (including phenoxy) is 6. The smallest absolute Gasteiger partial charge is 0.480 e. The number of hydrogen-bond donors (Lipinski definition) is 2. The number of carbonyl (C=O) groups excluding carboxylic acids is 3. The molecule has 0 aliphatic carbocycles. The average molecular weight is 598 g/mol. The molecule has 0 aliphatic heterocycles. The minimum Gasteiger partial charge on any atom is -0.480 e. The summed E-state index contributed by atoms with van der Waals surface area (Å²) in [7, 11) is 0. The molecular weight excluding hydrogens is 550 g/mol. The first-order valence-corrected chi connectivity index (χ1v) is 13.9. The molecule has 0 saturated carbocycles. The van der Waals surface area contributed by atoms with Gasteiger partial charge in [0.1, 0.15) is 17.7 Å². The van der Waals surface area contributed by atoms with Crippen LogP contribution in [-0.2, 0) is 30.2 Å². The molecular formula is C30H47NO11. The molecule has 0 saturated heterocycles. The number of nitrogens with one attached hydrogen (secondary N) is 1. The highest BCUT2D eigenvalue weighted by molar-refractivity contribution is 5.74. The summed E-state index contributed by atoms with van der Waals surface area (Å²) < 4.78 is 31.4. The van der Waals surface area contributed by atoms with E-state index in [0.29, 0.717) is 12.0 Å². The lowest BCUT2D eigenvalue weighted by Crippen LogP contribution is -2.43. The first-order valence-electron chi connectivity index (χ1n) is 13.9. The molecule has 12 nitrogen and oxygen atoms in total. The lowest BCUT2D eigenvalue weighted by Gasteiger charge is -2.24. The predicted molar refractivity (Wildman–Crippen MR) is 154 cm³/mol. The van der Waals surface area contributed by atoms with Crippen molar-refractivity contribution in [1.82, 2.24) is 5.32 Å². The summed E-state index contributed by atoms with van der Waals surface area (Å²) >= 11 is 0. The summed E-state index contributed by atoms with van der Waals surface area (Å²) in [5.41, 5.74) is -0.860. The minimum atomic E-state index is -1.16. The van der Waals surface area contributed by atoms with Gasteiger partial charge in [-0.15, -0.1) is 0 Å². The van der Waals surface area contributed by atoms with Crippen LogP contribution in [0.15, 0.2) is 18.2 Å². The van der Waals surface area contributed by atoms with Crippen LogP contribution in [0, 0.1) is 10.8 Å². The van der Waals surface area contributed by atoms with Gasteiger partial charge in [0.15, 0.2) is 11.5 Å². The Labute approximate surface area is 248 Å². The van der Waals surface area contributed by atoms with Crippen molar-refractivity contribution in [1.29, 1.82) is 0 Å². The number of rotatable bonds is 13. The molecule has 0 fully saturated rings. The fourth-order valence-electron chi connectivity index (χ4n) is 2.95. The second kappa shape index (κ2) is 15.6. The molecule has 2 atom stereocenters. The van der Waals surface area contributed by atoms with Gasteiger partial charge in [-0.3, -0.25) is 4.79 Å². The van der Waals surface area contributed by atoms with Gasteiger partial charge in [0.25, 0.3) is 0 Å². The molecule has 0 heterocycles. The maximum absolute atomic E-state index is 12.4. The van der Waals surface area contributed by atoms with Crippen LogP contribution < -0.4 is 14.8 Å². The molecule has 0 amide bonds. The summed E-state index contributed by atoms with van der Waals surface area (Å²) in [4.78, 5) is 48.7. The van der Waals surface area contributed by atoms with Crippen molar-refractivity contribution in [3.63, 3.8) is 0 Å². The van der Waals surface area contributed by atoms with Gasteiger partial charge in [-0.2, -0.15) is 0 Å². The molecule has 42 heavy (non-hydrogen) atoms. The zero-order valence-electron chi connectivity index (χ0n) is 26.5. The number of carboxylic acid groups (broad SMARTS) is 1. The second-order valence-corrected chi connectivity index (χ2v) is 13.1. The standard InChI is InChI=1S/C30H47NO11/c1-11-30(9,10)42-27(36)39-19(2)16-31-21(24(32)33)14-20-12-13-22(40-25(34)37-17-28(3,4)5)23(15-20)41-26(35)38-18-29(6,7)8/h12-13,15,19,21,31H,11,14,16-18H2,1-10H3,(H,32,33)/t19?,21-/m0/s1. The molecule has 0 bridgehead atoms. The number of hydrogen-bond acceptors (Lipinski definition) is 11. The third kappa shape index (κ3) is 15.5. The second-order valence-electron chi connectivity index (χ2n) is 13.1. The SMILES string of the molecule is CCC(C)(C)OC(=O)OC(C)CN[C@@H](Cc1ccc(OC(=O)OCC(C)(C)C)c(OC(=O)OCC(C)(C)C)c1)C(=O)O. The van der Waals surface area contributed by atoms with Crippen molar-refractivity contribution in [2.24, 2.45) is 10.8 Å². The lowest BCUT2D eigenvalue weighted by atomic mass is 9.99. The maximum atomic E-state index is 12.4. The molecule has 0 radical (unpaired) electrons. The molecule has 12 heteroatoms. The van der Waals surface area contributed by atoms with Crippen LogP contribution in [0.2, 0.25) is 0 Å². The number of benzene rings is 1. The van der Waals surface area contributed by atoms with Crippen LogP contribution in [0.3, 0.4) is 0 Å². The zero-order chi connectivity index (χ0) is 32.3. The van der Waals surface area contributed by atoms with Gasteiger partial charge in [-0.05, 0) is 62.1 Å². The van der Waals surface area contributed by atoms with E-state index in [1.54, 1.807) is 20.8 Å². The first kappa shape index (κ1) is 36.5. The Morgan fingerprint density at radius 1 is 0.833 bits per heavy atom. The quantitative estimate of drug-likeness (QED) is 0.153. The van der Waals surface area contributed by atoms with E-state index in [4.69, 9.17) is 28.4 Å². The Morgan fingerprint density at radius 3 is 1.83 bits per heavy atom. The highest BCUT2D eigenvalue weighted by Crippen LogP contribution is 2.30. The Kier molecular flexibility index (Phi) is 13.6. The van der Waals surface area contributed by atoms with Crippen molar-refractivity contribution in [2.75, 3.05) is 19.8 Å². The van der Waals surface area contributed by atoms with Crippen LogP contribution in [0.4, 0.5) is 14.4 Å². The van der Waals surface area contributed by atoms with Gasteiger partial charge < -0.3 is 38.8 Å². The average Bonchev–Trinajstić information content (AvgIpc) is 2.84. The highest BCUT2D eigenvalue weighted by atomic mass is 16.8. The van der Waals surface area contributed by atoms with Gasteiger partial charge in [0.05, 0.1) is 13.2 Å². The van der Waals surface area contributed by atoms with E-state index in [1.807, 2.05) is 48.5 Å². The van der Waals surface area contributed by atoms with E-state index in [9.17, 15) is 24.3 Å². The lowest BCUT2D eigenvalue weighted by molar-refractivity contribution is -0.139. The van der Waals surface area contributed by atoms with Gasteiger partial charge in [0, 0.05) is 6.54 Å². The Morgan fingerprint density at radius 2 is 1.36 bits per heavy atom. The highest BCUT2D eigenvalue weighted by Gasteiger charge is 2.25. The zero-order valence-corrected chi connectivity index (χ0v) is 26.5.